The fraction of sp³-hybridized carbons (Fsp3) is 0.737. The minimum Gasteiger partial charge on any atom is -0.454 e. The lowest BCUT2D eigenvalue weighted by Crippen LogP contribution is -2.36. The Morgan fingerprint density at radius 3 is 2.29 bits per heavy atom. The first kappa shape index (κ1) is 18.0. The van der Waals surface area contributed by atoms with Gasteiger partial charge in [-0.05, 0) is 19.4 Å². The molecule has 0 amide bonds. The van der Waals surface area contributed by atoms with E-state index in [9.17, 15) is 4.79 Å². The average Bonchev–Trinajstić information content (AvgIpc) is 2.45. The predicted molar refractivity (Wildman–Crippen MR) is 89.2 cm³/mol. The van der Waals surface area contributed by atoms with Crippen molar-refractivity contribution in [2.24, 2.45) is 5.92 Å². The molecule has 2 unspecified atom stereocenters. The van der Waals surface area contributed by atoms with Gasteiger partial charge < -0.3 is 4.74 Å². The monoisotopic (exact) mass is 292 g/mol. The largest absolute Gasteiger partial charge is 0.454 e. The highest BCUT2D eigenvalue weighted by Crippen LogP contribution is 2.28. The van der Waals surface area contributed by atoms with Crippen LogP contribution < -0.4 is 0 Å². The van der Waals surface area contributed by atoms with Crippen molar-refractivity contribution in [1.82, 2.24) is 0 Å². The lowest BCUT2D eigenvalue weighted by Gasteiger charge is -2.32. The second-order valence-electron chi connectivity index (χ2n) is 6.42. The number of ether oxygens (including phenoxy) is 1. The Kier molecular flexibility index (Phi) is 8.41. The molecule has 0 N–H and O–H groups in total. The average molecular weight is 292 g/mol. The van der Waals surface area contributed by atoms with Crippen LogP contribution in [0.15, 0.2) is 24.3 Å². The standard InChI is InChI=1S/C19H32O2/c1-4-5-6-7-8-9-10-11-15-18(20)21-19(3)16-13-12-14-17(19)2/h12-14,16-17H,4-11,15H2,1-3H3. The molecule has 21 heavy (non-hydrogen) atoms. The van der Waals surface area contributed by atoms with E-state index in [4.69, 9.17) is 4.74 Å². The van der Waals surface area contributed by atoms with Gasteiger partial charge in [0.2, 0.25) is 0 Å². The van der Waals surface area contributed by atoms with Crippen LogP contribution in [0.25, 0.3) is 0 Å². The minimum atomic E-state index is -0.466. The summed E-state index contributed by atoms with van der Waals surface area (Å²) in [5.74, 6) is 0.181. The van der Waals surface area contributed by atoms with Crippen LogP contribution in [0.3, 0.4) is 0 Å². The molecule has 0 aliphatic heterocycles. The van der Waals surface area contributed by atoms with E-state index < -0.39 is 5.60 Å². The first-order chi connectivity index (χ1) is 10.1. The molecule has 0 spiro atoms. The Balaban J connectivity index is 2.09. The first-order valence-corrected chi connectivity index (χ1v) is 8.66. The quantitative estimate of drug-likeness (QED) is 0.388. The zero-order chi connectivity index (χ0) is 15.6. The van der Waals surface area contributed by atoms with E-state index in [0.29, 0.717) is 6.42 Å². The van der Waals surface area contributed by atoms with Crippen molar-refractivity contribution in [3.63, 3.8) is 0 Å². The zero-order valence-electron chi connectivity index (χ0n) is 14.1. The molecule has 1 aliphatic rings. The van der Waals surface area contributed by atoms with Crippen LogP contribution in [-0.4, -0.2) is 11.6 Å². The lowest BCUT2D eigenvalue weighted by atomic mass is 9.87. The maximum Gasteiger partial charge on any atom is 0.306 e. The van der Waals surface area contributed by atoms with Gasteiger partial charge in [0, 0.05) is 12.3 Å². The Morgan fingerprint density at radius 2 is 1.67 bits per heavy atom. The first-order valence-electron chi connectivity index (χ1n) is 8.66. The SMILES string of the molecule is CCCCCCCCCCC(=O)OC1(C)C=CC=CC1C. The Bertz CT molecular complexity index is 357. The van der Waals surface area contributed by atoms with Gasteiger partial charge in [-0.1, -0.05) is 77.0 Å². The van der Waals surface area contributed by atoms with Crippen molar-refractivity contribution in [3.05, 3.63) is 24.3 Å². The van der Waals surface area contributed by atoms with Gasteiger partial charge in [0.25, 0.3) is 0 Å². The molecule has 1 aliphatic carbocycles. The Morgan fingerprint density at radius 1 is 1.05 bits per heavy atom. The summed E-state index contributed by atoms with van der Waals surface area (Å²) in [7, 11) is 0. The lowest BCUT2D eigenvalue weighted by molar-refractivity contribution is -0.156. The number of esters is 1. The van der Waals surface area contributed by atoms with E-state index in [2.05, 4.69) is 19.9 Å². The Hall–Kier alpha value is -1.05. The van der Waals surface area contributed by atoms with Crippen LogP contribution >= 0.6 is 0 Å². The number of hydrogen-bond acceptors (Lipinski definition) is 2. The summed E-state index contributed by atoms with van der Waals surface area (Å²) in [6, 6.07) is 0. The summed E-state index contributed by atoms with van der Waals surface area (Å²) in [6.07, 6.45) is 18.6. The summed E-state index contributed by atoms with van der Waals surface area (Å²) >= 11 is 0. The smallest absolute Gasteiger partial charge is 0.306 e. The van der Waals surface area contributed by atoms with E-state index in [1.807, 2.05) is 25.2 Å². The fourth-order valence-corrected chi connectivity index (χ4v) is 2.65. The van der Waals surface area contributed by atoms with E-state index in [0.717, 1.165) is 12.8 Å². The van der Waals surface area contributed by atoms with Gasteiger partial charge in [-0.25, -0.2) is 0 Å². The van der Waals surface area contributed by atoms with E-state index >= 15 is 0 Å². The Labute approximate surface area is 130 Å². The highest BCUT2D eigenvalue weighted by Gasteiger charge is 2.32. The number of unbranched alkanes of at least 4 members (excludes halogenated alkanes) is 7. The molecule has 0 fully saturated rings. The second-order valence-corrected chi connectivity index (χ2v) is 6.42. The molecular weight excluding hydrogens is 260 g/mol. The van der Waals surface area contributed by atoms with Crippen molar-refractivity contribution in [3.8, 4) is 0 Å². The molecule has 1 rings (SSSR count). The normalized spacial score (nSPS) is 24.2. The molecule has 0 radical (unpaired) electrons. The van der Waals surface area contributed by atoms with Crippen molar-refractivity contribution in [2.45, 2.75) is 84.2 Å². The summed E-state index contributed by atoms with van der Waals surface area (Å²) in [5, 5.41) is 0. The van der Waals surface area contributed by atoms with Gasteiger partial charge in [0.15, 0.2) is 0 Å². The molecule has 2 nitrogen and oxygen atoms in total. The van der Waals surface area contributed by atoms with Gasteiger partial charge in [-0.2, -0.15) is 0 Å². The molecule has 120 valence electrons. The molecule has 2 heteroatoms. The fourth-order valence-electron chi connectivity index (χ4n) is 2.65. The van der Waals surface area contributed by atoms with Crippen molar-refractivity contribution in [2.75, 3.05) is 0 Å². The van der Waals surface area contributed by atoms with E-state index in [1.165, 1.54) is 38.5 Å². The van der Waals surface area contributed by atoms with Crippen molar-refractivity contribution in [1.29, 1.82) is 0 Å². The highest BCUT2D eigenvalue weighted by molar-refractivity contribution is 5.70. The van der Waals surface area contributed by atoms with Gasteiger partial charge in [-0.15, -0.1) is 0 Å². The number of rotatable bonds is 10. The molecule has 0 saturated carbocycles. The summed E-state index contributed by atoms with van der Waals surface area (Å²) in [5.41, 5.74) is -0.466. The van der Waals surface area contributed by atoms with Crippen LogP contribution in [0.2, 0.25) is 0 Å². The van der Waals surface area contributed by atoms with Crippen LogP contribution in [-0.2, 0) is 9.53 Å². The molecule has 0 aromatic carbocycles. The molecule has 0 bridgehead atoms. The van der Waals surface area contributed by atoms with Crippen LogP contribution in [0.4, 0.5) is 0 Å². The van der Waals surface area contributed by atoms with Gasteiger partial charge in [0.1, 0.15) is 5.60 Å². The number of hydrogen-bond donors (Lipinski definition) is 0. The van der Waals surface area contributed by atoms with Crippen molar-refractivity contribution < 1.29 is 9.53 Å². The number of allylic oxidation sites excluding steroid dienone is 2. The summed E-state index contributed by atoms with van der Waals surface area (Å²) in [6.45, 7) is 6.32. The van der Waals surface area contributed by atoms with E-state index in [-0.39, 0.29) is 11.9 Å². The molecule has 0 saturated heterocycles. The van der Waals surface area contributed by atoms with Crippen molar-refractivity contribution >= 4 is 5.97 Å². The van der Waals surface area contributed by atoms with Crippen LogP contribution in [0, 0.1) is 5.92 Å². The van der Waals surface area contributed by atoms with Gasteiger partial charge in [-0.3, -0.25) is 4.79 Å². The molecule has 0 aromatic heterocycles. The maximum atomic E-state index is 12.0. The predicted octanol–water partition coefficient (Wildman–Crippen LogP) is 5.58. The zero-order valence-corrected chi connectivity index (χ0v) is 14.1. The highest BCUT2D eigenvalue weighted by atomic mass is 16.6. The summed E-state index contributed by atoms with van der Waals surface area (Å²) < 4.78 is 5.67. The van der Waals surface area contributed by atoms with Crippen LogP contribution in [0.1, 0.15) is 78.6 Å². The maximum absolute atomic E-state index is 12.0. The van der Waals surface area contributed by atoms with Gasteiger partial charge in [0.05, 0.1) is 0 Å². The van der Waals surface area contributed by atoms with Gasteiger partial charge >= 0.3 is 5.97 Å². The molecule has 2 atom stereocenters. The van der Waals surface area contributed by atoms with E-state index in [1.54, 1.807) is 0 Å². The third-order valence-corrected chi connectivity index (χ3v) is 4.41. The molecule has 0 heterocycles. The molecule has 0 aromatic rings. The third kappa shape index (κ3) is 6.97. The number of carbonyl (C=O) groups excluding carboxylic acids is 1. The number of carbonyl (C=O) groups is 1. The minimum absolute atomic E-state index is 0.0599. The topological polar surface area (TPSA) is 26.3 Å². The summed E-state index contributed by atoms with van der Waals surface area (Å²) in [4.78, 5) is 12.0. The van der Waals surface area contributed by atoms with Crippen LogP contribution in [0.5, 0.6) is 0 Å². The third-order valence-electron chi connectivity index (χ3n) is 4.41. The second kappa shape index (κ2) is 9.81. The molecular formula is C19H32O2.